The van der Waals surface area contributed by atoms with E-state index in [1.165, 1.54) is 0 Å². The van der Waals surface area contributed by atoms with Crippen molar-refractivity contribution in [2.24, 2.45) is 5.92 Å². The predicted octanol–water partition coefficient (Wildman–Crippen LogP) is 3.79. The third-order valence-corrected chi connectivity index (χ3v) is 4.18. The first-order valence-corrected chi connectivity index (χ1v) is 8.45. The van der Waals surface area contributed by atoms with Gasteiger partial charge in [-0.3, -0.25) is 4.79 Å². The smallest absolute Gasteiger partial charge is 0.354 e. The van der Waals surface area contributed by atoms with Crippen LogP contribution in [-0.4, -0.2) is 27.2 Å². The summed E-state index contributed by atoms with van der Waals surface area (Å²) in [7, 11) is 0. The van der Waals surface area contributed by atoms with Crippen molar-refractivity contribution in [2.75, 3.05) is 6.54 Å². The maximum absolute atomic E-state index is 12.6. The van der Waals surface area contributed by atoms with Crippen LogP contribution in [-0.2, 0) is 17.5 Å². The molecule has 0 fully saturated rings. The van der Waals surface area contributed by atoms with Crippen LogP contribution in [0.4, 0.5) is 13.2 Å². The van der Waals surface area contributed by atoms with E-state index in [0.29, 0.717) is 18.7 Å². The van der Waals surface area contributed by atoms with Crippen LogP contribution in [0.25, 0.3) is 22.3 Å². The number of alkyl halides is 3. The molecule has 3 aromatic rings. The highest BCUT2D eigenvalue weighted by atomic mass is 19.4. The fourth-order valence-corrected chi connectivity index (χ4v) is 2.76. The van der Waals surface area contributed by atoms with Crippen molar-refractivity contribution in [3.8, 4) is 11.4 Å². The highest BCUT2D eigenvalue weighted by Crippen LogP contribution is 2.31. The van der Waals surface area contributed by atoms with Crippen LogP contribution in [0.3, 0.4) is 0 Å². The van der Waals surface area contributed by atoms with Crippen LogP contribution in [0, 0.1) is 12.8 Å². The Kier molecular flexibility index (Phi) is 4.95. The molecule has 1 aromatic carbocycles. The van der Waals surface area contributed by atoms with Crippen molar-refractivity contribution in [1.29, 1.82) is 0 Å². The van der Waals surface area contributed by atoms with Crippen LogP contribution in [0.2, 0.25) is 0 Å². The molecule has 9 heteroatoms. The summed E-state index contributed by atoms with van der Waals surface area (Å²) in [6.45, 7) is 6.64. The van der Waals surface area contributed by atoms with Crippen molar-refractivity contribution in [3.63, 3.8) is 0 Å². The first-order chi connectivity index (χ1) is 12.7. The Bertz CT molecular complexity index is 973. The first-order valence-electron chi connectivity index (χ1n) is 8.45. The fourth-order valence-electron chi connectivity index (χ4n) is 2.76. The van der Waals surface area contributed by atoms with Gasteiger partial charge in [0.25, 0.3) is 0 Å². The van der Waals surface area contributed by atoms with Crippen LogP contribution in [0.5, 0.6) is 0 Å². The van der Waals surface area contributed by atoms with E-state index in [1.54, 1.807) is 18.2 Å². The minimum absolute atomic E-state index is 0.0111. The van der Waals surface area contributed by atoms with Gasteiger partial charge in [0, 0.05) is 41.7 Å². The lowest BCUT2D eigenvalue weighted by Gasteiger charge is -2.09. The van der Waals surface area contributed by atoms with Gasteiger partial charge in [0.15, 0.2) is 0 Å². The molecule has 0 aliphatic heterocycles. The molecule has 0 saturated carbocycles. The number of hydrogen-bond donors (Lipinski definition) is 1. The van der Waals surface area contributed by atoms with Gasteiger partial charge in [-0.25, -0.2) is 0 Å². The largest absolute Gasteiger partial charge is 0.471 e. The van der Waals surface area contributed by atoms with Crippen LogP contribution in [0.1, 0.15) is 25.3 Å². The molecule has 0 aliphatic carbocycles. The van der Waals surface area contributed by atoms with E-state index in [4.69, 9.17) is 0 Å². The van der Waals surface area contributed by atoms with E-state index < -0.39 is 12.1 Å². The maximum Gasteiger partial charge on any atom is 0.471 e. The highest BCUT2D eigenvalue weighted by molar-refractivity contribution is 5.87. The molecule has 0 saturated heterocycles. The number of aromatic nitrogens is 3. The fraction of sp³-hybridized carbons (Fsp3) is 0.389. The predicted molar refractivity (Wildman–Crippen MR) is 92.8 cm³/mol. The number of halogens is 3. The van der Waals surface area contributed by atoms with Crippen molar-refractivity contribution >= 4 is 16.8 Å². The number of fused-ring (bicyclic) bond motifs is 1. The van der Waals surface area contributed by atoms with Crippen LogP contribution < -0.4 is 5.32 Å². The molecular formula is C18H19F3N4O2. The summed E-state index contributed by atoms with van der Waals surface area (Å²) in [6.07, 6.45) is -2.73. The summed E-state index contributed by atoms with van der Waals surface area (Å²) < 4.78 is 44.2. The van der Waals surface area contributed by atoms with Gasteiger partial charge < -0.3 is 14.4 Å². The lowest BCUT2D eigenvalue weighted by Crippen LogP contribution is -2.30. The molecule has 3 rings (SSSR count). The maximum atomic E-state index is 12.6. The molecule has 0 unspecified atom stereocenters. The quantitative estimate of drug-likeness (QED) is 0.731. The molecule has 1 amide bonds. The number of nitrogens with zero attached hydrogens (tertiary/aromatic N) is 3. The summed E-state index contributed by atoms with van der Waals surface area (Å²) in [5.74, 6) is -1.57. The number of benzene rings is 1. The zero-order valence-corrected chi connectivity index (χ0v) is 15.1. The number of nitrogens with one attached hydrogen (secondary N) is 1. The molecule has 1 N–H and O–H groups in total. The van der Waals surface area contributed by atoms with Gasteiger partial charge in [0.05, 0.1) is 0 Å². The van der Waals surface area contributed by atoms with Crippen molar-refractivity contribution in [2.45, 2.75) is 33.5 Å². The number of aryl methyl sites for hydroxylation is 1. The summed E-state index contributed by atoms with van der Waals surface area (Å²) >= 11 is 0. The summed E-state index contributed by atoms with van der Waals surface area (Å²) in [4.78, 5) is 15.1. The van der Waals surface area contributed by atoms with Crippen molar-refractivity contribution < 1.29 is 22.5 Å². The number of amides is 1. The van der Waals surface area contributed by atoms with Gasteiger partial charge in [-0.2, -0.15) is 18.2 Å². The number of carbonyl (C=O) groups excluding carboxylic acids is 1. The Morgan fingerprint density at radius 2 is 2.07 bits per heavy atom. The van der Waals surface area contributed by atoms with Gasteiger partial charge >= 0.3 is 12.1 Å². The average molecular weight is 380 g/mol. The summed E-state index contributed by atoms with van der Waals surface area (Å²) in [5, 5.41) is 7.16. The van der Waals surface area contributed by atoms with E-state index in [9.17, 15) is 18.0 Å². The number of hydrogen-bond acceptors (Lipinski definition) is 4. The monoisotopic (exact) mass is 380 g/mol. The minimum atomic E-state index is -4.67. The van der Waals surface area contributed by atoms with Gasteiger partial charge in [-0.15, -0.1) is 0 Å². The number of carbonyl (C=O) groups is 1. The van der Waals surface area contributed by atoms with Gasteiger partial charge in [0.2, 0.25) is 11.7 Å². The van der Waals surface area contributed by atoms with E-state index in [2.05, 4.69) is 20.0 Å². The standard InChI is InChI=1S/C18H19F3N4O2/c1-10(2)16(26)22-6-7-25-9-11(3)13-8-12(4-5-14(13)25)15-23-17(27-24-15)18(19,20)21/h4-5,8-10H,6-7H2,1-3H3,(H,22,26). The Balaban J connectivity index is 1.83. The van der Waals surface area contributed by atoms with Gasteiger partial charge in [-0.05, 0) is 30.7 Å². The number of rotatable bonds is 5. The second-order valence-electron chi connectivity index (χ2n) is 6.60. The highest BCUT2D eigenvalue weighted by Gasteiger charge is 2.38. The topological polar surface area (TPSA) is 73.0 Å². The lowest BCUT2D eigenvalue weighted by molar-refractivity contribution is -0.159. The minimum Gasteiger partial charge on any atom is -0.354 e. The van der Waals surface area contributed by atoms with Crippen LogP contribution >= 0.6 is 0 Å². The Labute approximate surface area is 153 Å². The molecule has 6 nitrogen and oxygen atoms in total. The molecule has 0 spiro atoms. The molecule has 0 aliphatic rings. The third kappa shape index (κ3) is 3.96. The van der Waals surface area contributed by atoms with E-state index in [1.807, 2.05) is 31.5 Å². The Morgan fingerprint density at radius 1 is 1.33 bits per heavy atom. The Hall–Kier alpha value is -2.84. The van der Waals surface area contributed by atoms with Crippen molar-refractivity contribution in [3.05, 3.63) is 35.9 Å². The molecule has 144 valence electrons. The second kappa shape index (κ2) is 7.05. The molecule has 2 heterocycles. The summed E-state index contributed by atoms with van der Waals surface area (Å²) in [6, 6.07) is 5.18. The lowest BCUT2D eigenvalue weighted by atomic mass is 10.1. The average Bonchev–Trinajstić information content (AvgIpc) is 3.20. The second-order valence-corrected chi connectivity index (χ2v) is 6.60. The molecule has 2 aromatic heterocycles. The van der Waals surface area contributed by atoms with E-state index in [0.717, 1.165) is 16.5 Å². The molecule has 0 radical (unpaired) electrons. The van der Waals surface area contributed by atoms with Crippen molar-refractivity contribution in [1.82, 2.24) is 20.0 Å². The SMILES string of the molecule is Cc1cn(CCNC(=O)C(C)C)c2ccc(-c3noc(C(F)(F)F)n3)cc12. The molecule has 27 heavy (non-hydrogen) atoms. The third-order valence-electron chi connectivity index (χ3n) is 4.18. The van der Waals surface area contributed by atoms with Gasteiger partial charge in [-0.1, -0.05) is 19.0 Å². The normalized spacial score (nSPS) is 12.1. The molecule has 0 bridgehead atoms. The zero-order chi connectivity index (χ0) is 19.8. The Morgan fingerprint density at radius 3 is 2.70 bits per heavy atom. The molecular weight excluding hydrogens is 361 g/mol. The van der Waals surface area contributed by atoms with E-state index >= 15 is 0 Å². The molecule has 0 atom stereocenters. The van der Waals surface area contributed by atoms with E-state index in [-0.39, 0.29) is 17.6 Å². The van der Waals surface area contributed by atoms with Crippen LogP contribution in [0.15, 0.2) is 28.9 Å². The zero-order valence-electron chi connectivity index (χ0n) is 15.1. The summed E-state index contributed by atoms with van der Waals surface area (Å²) in [5.41, 5.74) is 2.31. The first kappa shape index (κ1) is 18.9. The van der Waals surface area contributed by atoms with Gasteiger partial charge in [0.1, 0.15) is 0 Å².